The fraction of sp³-hybridized carbons (Fsp3) is 0.0312. The summed E-state index contributed by atoms with van der Waals surface area (Å²) < 4.78 is 102. The third-order valence-electron chi connectivity index (χ3n) is 7.69. The van der Waals surface area contributed by atoms with Gasteiger partial charge in [-0.15, -0.1) is 14.6 Å². The topological polar surface area (TPSA) is 259 Å². The summed E-state index contributed by atoms with van der Waals surface area (Å²) in [5.41, 5.74) is -0.783. The second-order valence-electron chi connectivity index (χ2n) is 11.1. The Kier molecular flexibility index (Phi) is 11.2. The normalized spacial score (nSPS) is 12.1. The zero-order chi connectivity index (χ0) is 39.7. The number of carbonyl (C=O) groups excluding carboxylic acids is 1. The van der Waals surface area contributed by atoms with E-state index in [0.29, 0.717) is 5.56 Å². The molecule has 0 aliphatic rings. The standard InChI is InChI=1S/C32H21ClF2N6O11S3/c33-25-29(34)38-32(35)39-30(25)36-14-16-7-4-8-20-19(16)9-10-21(28(20)55(48,49)50)40-41-26-23(53-52-51-44)12-17-11-18(54(45,46)47)13-22(24(17)27(26)42)37-31(43)15-5-2-1-3-6-15/h1-13,42,44H,14H2,(H,37,43)(H,36,38,39)(H,45,46,47)(H,48,49,50). The van der Waals surface area contributed by atoms with Gasteiger partial charge in [0.2, 0.25) is 5.95 Å². The van der Waals surface area contributed by atoms with Crippen LogP contribution in [0.25, 0.3) is 21.5 Å². The van der Waals surface area contributed by atoms with E-state index in [1.165, 1.54) is 36.4 Å². The van der Waals surface area contributed by atoms with Crippen LogP contribution in [0.1, 0.15) is 15.9 Å². The van der Waals surface area contributed by atoms with Gasteiger partial charge in [0.25, 0.3) is 26.1 Å². The van der Waals surface area contributed by atoms with Crippen molar-refractivity contribution < 1.29 is 59.3 Å². The van der Waals surface area contributed by atoms with E-state index in [0.717, 1.165) is 24.3 Å². The van der Waals surface area contributed by atoms with Gasteiger partial charge in [-0.2, -0.15) is 35.6 Å². The number of hydrogen-bond donors (Lipinski definition) is 6. The third kappa shape index (κ3) is 8.46. The maximum absolute atomic E-state index is 13.9. The summed E-state index contributed by atoms with van der Waals surface area (Å²) in [6.45, 7) is -0.195. The molecule has 0 atom stereocenters. The van der Waals surface area contributed by atoms with E-state index < -0.39 is 70.1 Å². The number of aromatic hydroxyl groups is 1. The maximum atomic E-state index is 13.9. The zero-order valence-corrected chi connectivity index (χ0v) is 30.2. The lowest BCUT2D eigenvalue weighted by Gasteiger charge is -2.15. The molecule has 0 bridgehead atoms. The van der Waals surface area contributed by atoms with Gasteiger partial charge in [0.1, 0.15) is 21.3 Å². The highest BCUT2D eigenvalue weighted by Gasteiger charge is 2.25. The molecule has 0 radical (unpaired) electrons. The van der Waals surface area contributed by atoms with Crippen molar-refractivity contribution in [1.82, 2.24) is 9.97 Å². The van der Waals surface area contributed by atoms with Crippen LogP contribution in [0.4, 0.5) is 31.7 Å². The summed E-state index contributed by atoms with van der Waals surface area (Å²) in [7, 11) is -9.97. The van der Waals surface area contributed by atoms with Crippen LogP contribution >= 0.6 is 23.6 Å². The minimum Gasteiger partial charge on any atom is -0.505 e. The molecule has 0 aliphatic heterocycles. The first-order valence-electron chi connectivity index (χ1n) is 15.0. The monoisotopic (exact) mass is 834 g/mol. The number of rotatable bonds is 12. The number of nitrogens with zero attached hydrogens (tertiary/aromatic N) is 4. The number of phenolic OH excluding ortho intramolecular Hbond substituents is 1. The minimum atomic E-state index is -5.09. The summed E-state index contributed by atoms with van der Waals surface area (Å²) >= 11 is 6.08. The molecule has 0 saturated heterocycles. The number of phenols is 1. The number of aromatic nitrogens is 2. The maximum Gasteiger partial charge on any atom is 0.313 e. The highest BCUT2D eigenvalue weighted by atomic mass is 35.5. The van der Waals surface area contributed by atoms with E-state index in [-0.39, 0.29) is 62.1 Å². The van der Waals surface area contributed by atoms with E-state index in [1.54, 1.807) is 18.2 Å². The molecule has 284 valence electrons. The second kappa shape index (κ2) is 15.7. The van der Waals surface area contributed by atoms with E-state index >= 15 is 0 Å². The van der Waals surface area contributed by atoms with Crippen molar-refractivity contribution in [3.63, 3.8) is 0 Å². The van der Waals surface area contributed by atoms with E-state index in [1.807, 2.05) is 0 Å². The van der Waals surface area contributed by atoms with Crippen molar-refractivity contribution in [2.45, 2.75) is 21.2 Å². The Morgan fingerprint density at radius 2 is 1.65 bits per heavy atom. The Morgan fingerprint density at radius 1 is 0.909 bits per heavy atom. The van der Waals surface area contributed by atoms with Gasteiger partial charge in [-0.3, -0.25) is 13.9 Å². The van der Waals surface area contributed by atoms with Crippen LogP contribution in [-0.4, -0.2) is 52.2 Å². The van der Waals surface area contributed by atoms with Gasteiger partial charge in [0.05, 0.1) is 27.5 Å². The van der Waals surface area contributed by atoms with Gasteiger partial charge in [0, 0.05) is 22.9 Å². The highest BCUT2D eigenvalue weighted by Crippen LogP contribution is 2.47. The Bertz CT molecular complexity index is 2770. The number of benzene rings is 5. The molecule has 0 saturated carbocycles. The van der Waals surface area contributed by atoms with Crippen LogP contribution in [0.5, 0.6) is 5.75 Å². The summed E-state index contributed by atoms with van der Waals surface area (Å²) in [5.74, 6) is -3.23. The first kappa shape index (κ1) is 39.3. The van der Waals surface area contributed by atoms with E-state index in [4.69, 9.17) is 16.9 Å². The van der Waals surface area contributed by atoms with Crippen molar-refractivity contribution in [3.8, 4) is 5.75 Å². The average molecular weight is 835 g/mol. The predicted octanol–water partition coefficient (Wildman–Crippen LogP) is 7.62. The number of halogens is 3. The van der Waals surface area contributed by atoms with Crippen molar-refractivity contribution in [2.75, 3.05) is 10.6 Å². The molecular weight excluding hydrogens is 814 g/mol. The second-order valence-corrected chi connectivity index (χ2v) is 15.0. The van der Waals surface area contributed by atoms with Crippen LogP contribution in [0, 0.1) is 12.0 Å². The number of azo groups is 1. The molecule has 55 heavy (non-hydrogen) atoms. The Hall–Kier alpha value is -5.43. The van der Waals surface area contributed by atoms with Gasteiger partial charge in [-0.25, -0.2) is 5.26 Å². The van der Waals surface area contributed by atoms with Crippen molar-refractivity contribution in [1.29, 1.82) is 0 Å². The molecule has 17 nitrogen and oxygen atoms in total. The van der Waals surface area contributed by atoms with Crippen LogP contribution in [-0.2, 0) is 36.2 Å². The molecule has 5 aromatic carbocycles. The van der Waals surface area contributed by atoms with Gasteiger partial charge in [0.15, 0.2) is 11.6 Å². The fourth-order valence-electron chi connectivity index (χ4n) is 5.39. The van der Waals surface area contributed by atoms with Crippen LogP contribution in [0.2, 0.25) is 5.02 Å². The quantitative estimate of drug-likeness (QED) is 0.0132. The summed E-state index contributed by atoms with van der Waals surface area (Å²) in [6, 6.07) is 17.5. The Balaban J connectivity index is 1.49. The van der Waals surface area contributed by atoms with Crippen molar-refractivity contribution in [2.24, 2.45) is 10.2 Å². The van der Waals surface area contributed by atoms with Crippen LogP contribution in [0.15, 0.2) is 104 Å². The largest absolute Gasteiger partial charge is 0.505 e. The molecular formula is C32H21ClF2N6O11S3. The smallest absolute Gasteiger partial charge is 0.313 e. The first-order chi connectivity index (χ1) is 26.1. The number of nitrogens with one attached hydrogen (secondary N) is 2. The van der Waals surface area contributed by atoms with Gasteiger partial charge >= 0.3 is 6.08 Å². The van der Waals surface area contributed by atoms with Gasteiger partial charge in [-0.05, 0) is 52.7 Å². The first-order valence-corrected chi connectivity index (χ1v) is 19.0. The molecule has 6 N–H and O–H groups in total. The molecule has 1 amide bonds. The summed E-state index contributed by atoms with van der Waals surface area (Å²) in [6.07, 6.45) is -1.39. The number of amides is 1. The van der Waals surface area contributed by atoms with Crippen molar-refractivity contribution in [3.05, 3.63) is 107 Å². The fourth-order valence-corrected chi connectivity index (χ4v) is 7.40. The van der Waals surface area contributed by atoms with E-state index in [2.05, 4.69) is 40.2 Å². The number of hydrogen-bond acceptors (Lipinski definition) is 15. The molecule has 1 heterocycles. The molecule has 23 heteroatoms. The summed E-state index contributed by atoms with van der Waals surface area (Å²) in [4.78, 5) is 17.8. The average Bonchev–Trinajstić information content (AvgIpc) is 3.13. The number of anilines is 2. The Labute approximate surface area is 317 Å². The van der Waals surface area contributed by atoms with Gasteiger partial charge < -0.3 is 15.7 Å². The third-order valence-corrected chi connectivity index (χ3v) is 10.4. The molecule has 0 aliphatic carbocycles. The number of carbonyl (C=O) groups is 1. The molecule has 6 rings (SSSR count). The molecule has 0 fully saturated rings. The van der Waals surface area contributed by atoms with Crippen molar-refractivity contribution >= 4 is 94.2 Å². The van der Waals surface area contributed by atoms with E-state index in [9.17, 15) is 44.6 Å². The predicted molar refractivity (Wildman–Crippen MR) is 193 cm³/mol. The highest BCUT2D eigenvalue weighted by molar-refractivity contribution is 7.94. The lowest BCUT2D eigenvalue weighted by Crippen LogP contribution is -2.13. The molecule has 1 aromatic heterocycles. The Morgan fingerprint density at radius 3 is 2.35 bits per heavy atom. The zero-order valence-electron chi connectivity index (χ0n) is 27.0. The molecule has 0 spiro atoms. The molecule has 0 unspecified atom stereocenters. The number of fused-ring (bicyclic) bond motifs is 2. The summed E-state index contributed by atoms with van der Waals surface area (Å²) in [5, 5.41) is 36.4. The SMILES string of the molecule is O=C(Nc1cc(S(=O)(=O)O)cc2cc(SOOO)c(N=Nc3ccc4c(CNc5nc(F)nc(F)c5Cl)cccc4c3S(=O)(=O)O)c(O)c12)c1ccccc1. The van der Waals surface area contributed by atoms with Crippen LogP contribution < -0.4 is 10.6 Å². The lowest BCUT2D eigenvalue weighted by atomic mass is 10.0. The minimum absolute atomic E-state index is 0.0811. The molecule has 6 aromatic rings. The van der Waals surface area contributed by atoms with Gasteiger partial charge in [-0.1, -0.05) is 59.1 Å². The van der Waals surface area contributed by atoms with Crippen LogP contribution in [0.3, 0.4) is 0 Å². The lowest BCUT2D eigenvalue weighted by molar-refractivity contribution is -0.432.